The highest BCUT2D eigenvalue weighted by Crippen LogP contribution is 2.13. The van der Waals surface area contributed by atoms with Gasteiger partial charge in [-0.2, -0.15) is 0 Å². The fraction of sp³-hybridized carbons (Fsp3) is 0.895. The first-order valence-corrected chi connectivity index (χ1v) is 9.77. The minimum absolute atomic E-state index is 0.153. The molecule has 5 heteroatoms. The Morgan fingerprint density at radius 1 is 0.625 bits per heavy atom. The molecule has 0 unspecified atom stereocenters. The highest BCUT2D eigenvalue weighted by Gasteiger charge is 1.96. The first-order chi connectivity index (χ1) is 11.5. The molecule has 5 N–H and O–H groups in total. The third kappa shape index (κ3) is 32.6. The van der Waals surface area contributed by atoms with Gasteiger partial charge in [0.1, 0.15) is 0 Å². The maximum absolute atomic E-state index is 10.6. The lowest BCUT2D eigenvalue weighted by Crippen LogP contribution is -2.09. The summed E-state index contributed by atoms with van der Waals surface area (Å²) in [5, 5.41) is 7.19. The Balaban J connectivity index is 0. The van der Waals surface area contributed by atoms with E-state index in [-0.39, 0.29) is 5.91 Å². The number of hydrogen-bond donors (Lipinski definition) is 3. The van der Waals surface area contributed by atoms with Crippen LogP contribution < -0.4 is 11.5 Å². The lowest BCUT2D eigenvalue weighted by molar-refractivity contribution is -0.118. The SMILES string of the molecule is CCCCCCCCCCCCCCCCCC(N)=O.NC(=O)O. The van der Waals surface area contributed by atoms with Gasteiger partial charge in [-0.3, -0.25) is 4.79 Å². The summed E-state index contributed by atoms with van der Waals surface area (Å²) in [6, 6.07) is 0. The van der Waals surface area contributed by atoms with Crippen LogP contribution in [-0.2, 0) is 4.79 Å². The summed E-state index contributed by atoms with van der Waals surface area (Å²) in [6.07, 6.45) is 19.5. The summed E-state index contributed by atoms with van der Waals surface area (Å²) < 4.78 is 0. The summed E-state index contributed by atoms with van der Waals surface area (Å²) >= 11 is 0. The molecule has 5 nitrogen and oxygen atoms in total. The van der Waals surface area contributed by atoms with Crippen LogP contribution in [0.3, 0.4) is 0 Å². The monoisotopic (exact) mass is 344 g/mol. The molecule has 24 heavy (non-hydrogen) atoms. The Bertz CT molecular complexity index is 280. The van der Waals surface area contributed by atoms with Gasteiger partial charge >= 0.3 is 6.09 Å². The zero-order valence-electron chi connectivity index (χ0n) is 15.7. The minimum atomic E-state index is -1.33. The molecule has 0 aromatic heterocycles. The molecular formula is C19H40N2O3. The maximum Gasteiger partial charge on any atom is 0.402 e. The van der Waals surface area contributed by atoms with Crippen molar-refractivity contribution < 1.29 is 14.7 Å². The lowest BCUT2D eigenvalue weighted by Gasteiger charge is -2.03. The van der Waals surface area contributed by atoms with Crippen LogP contribution in [0.1, 0.15) is 110 Å². The zero-order chi connectivity index (χ0) is 18.5. The molecule has 0 rings (SSSR count). The molecule has 0 saturated carbocycles. The molecule has 0 aromatic carbocycles. The van der Waals surface area contributed by atoms with Gasteiger partial charge in [0.05, 0.1) is 0 Å². The van der Waals surface area contributed by atoms with Gasteiger partial charge in [0.15, 0.2) is 0 Å². The van der Waals surface area contributed by atoms with E-state index in [1.165, 1.54) is 89.9 Å². The molecule has 0 aliphatic rings. The van der Waals surface area contributed by atoms with E-state index in [2.05, 4.69) is 12.7 Å². The first-order valence-electron chi connectivity index (χ1n) is 9.77. The van der Waals surface area contributed by atoms with Crippen molar-refractivity contribution in [2.24, 2.45) is 11.5 Å². The number of amides is 2. The van der Waals surface area contributed by atoms with Crippen LogP contribution in [0.25, 0.3) is 0 Å². The van der Waals surface area contributed by atoms with Crippen molar-refractivity contribution in [1.82, 2.24) is 0 Å². The fourth-order valence-corrected chi connectivity index (χ4v) is 2.67. The first kappa shape index (κ1) is 25.0. The van der Waals surface area contributed by atoms with Crippen LogP contribution in [0.15, 0.2) is 0 Å². The van der Waals surface area contributed by atoms with E-state index in [4.69, 9.17) is 15.6 Å². The van der Waals surface area contributed by atoms with Gasteiger partial charge in [0.2, 0.25) is 5.91 Å². The molecule has 0 aliphatic carbocycles. The van der Waals surface area contributed by atoms with Gasteiger partial charge in [-0.25, -0.2) is 4.79 Å². The average molecular weight is 345 g/mol. The molecule has 0 atom stereocenters. The number of nitrogens with two attached hydrogens (primary N) is 2. The average Bonchev–Trinajstić information content (AvgIpc) is 2.50. The number of carbonyl (C=O) groups is 2. The van der Waals surface area contributed by atoms with Crippen molar-refractivity contribution in [3.8, 4) is 0 Å². The van der Waals surface area contributed by atoms with Crippen molar-refractivity contribution in [1.29, 1.82) is 0 Å². The molecule has 0 radical (unpaired) electrons. The Morgan fingerprint density at radius 2 is 0.875 bits per heavy atom. The van der Waals surface area contributed by atoms with Crippen molar-refractivity contribution in [2.75, 3.05) is 0 Å². The van der Waals surface area contributed by atoms with Crippen molar-refractivity contribution >= 4 is 12.0 Å². The molecule has 2 amide bonds. The van der Waals surface area contributed by atoms with Crippen molar-refractivity contribution in [3.05, 3.63) is 0 Å². The molecule has 0 aromatic rings. The summed E-state index contributed by atoms with van der Waals surface area (Å²) in [4.78, 5) is 19.3. The van der Waals surface area contributed by atoms with Gasteiger partial charge in [-0.05, 0) is 6.42 Å². The van der Waals surface area contributed by atoms with E-state index in [0.29, 0.717) is 6.42 Å². The minimum Gasteiger partial charge on any atom is -0.465 e. The van der Waals surface area contributed by atoms with Gasteiger partial charge < -0.3 is 16.6 Å². The molecule has 144 valence electrons. The van der Waals surface area contributed by atoms with E-state index in [9.17, 15) is 4.79 Å². The number of unbranched alkanes of at least 4 members (excludes halogenated alkanes) is 14. The molecule has 0 aliphatic heterocycles. The summed E-state index contributed by atoms with van der Waals surface area (Å²) in [6.45, 7) is 2.28. The summed E-state index contributed by atoms with van der Waals surface area (Å²) in [5.74, 6) is -0.153. The predicted octanol–water partition coefficient (Wildman–Crippen LogP) is 5.36. The summed E-state index contributed by atoms with van der Waals surface area (Å²) in [5.41, 5.74) is 9.14. The standard InChI is InChI=1S/C18H37NO.CH3NO2/c1-2-3-4-5-6-7-8-9-10-11-12-13-14-15-16-17-18(19)20;2-1(3)4/h2-17H2,1H3,(H2,19,20);2H2,(H,3,4). The fourth-order valence-electron chi connectivity index (χ4n) is 2.67. The van der Waals surface area contributed by atoms with Crippen molar-refractivity contribution in [3.63, 3.8) is 0 Å². The van der Waals surface area contributed by atoms with Crippen LogP contribution in [-0.4, -0.2) is 17.1 Å². The predicted molar refractivity (Wildman–Crippen MR) is 101 cm³/mol. The number of rotatable bonds is 16. The van der Waals surface area contributed by atoms with E-state index in [0.717, 1.165) is 6.42 Å². The number of carbonyl (C=O) groups excluding carboxylic acids is 1. The molecule has 0 saturated heterocycles. The zero-order valence-corrected chi connectivity index (χ0v) is 15.7. The molecular weight excluding hydrogens is 304 g/mol. The Morgan fingerprint density at radius 3 is 1.12 bits per heavy atom. The molecule has 0 heterocycles. The van der Waals surface area contributed by atoms with Gasteiger partial charge in [0.25, 0.3) is 0 Å². The summed E-state index contributed by atoms with van der Waals surface area (Å²) in [7, 11) is 0. The highest BCUT2D eigenvalue weighted by atomic mass is 16.4. The third-order valence-corrected chi connectivity index (χ3v) is 4.03. The molecule has 0 spiro atoms. The quantitative estimate of drug-likeness (QED) is 0.328. The Hall–Kier alpha value is -1.26. The van der Waals surface area contributed by atoms with E-state index < -0.39 is 6.09 Å². The van der Waals surface area contributed by atoms with Gasteiger partial charge in [-0.15, -0.1) is 0 Å². The van der Waals surface area contributed by atoms with E-state index in [1.54, 1.807) is 0 Å². The normalized spacial score (nSPS) is 10.0. The molecule has 0 fully saturated rings. The maximum atomic E-state index is 10.6. The van der Waals surface area contributed by atoms with Crippen LogP contribution in [0.5, 0.6) is 0 Å². The topological polar surface area (TPSA) is 106 Å². The largest absolute Gasteiger partial charge is 0.465 e. The molecule has 0 bridgehead atoms. The third-order valence-electron chi connectivity index (χ3n) is 4.03. The smallest absolute Gasteiger partial charge is 0.402 e. The highest BCUT2D eigenvalue weighted by molar-refractivity contribution is 5.73. The van der Waals surface area contributed by atoms with Crippen LogP contribution >= 0.6 is 0 Å². The van der Waals surface area contributed by atoms with Crippen LogP contribution in [0.4, 0.5) is 4.79 Å². The number of hydrogen-bond acceptors (Lipinski definition) is 2. The second kappa shape index (κ2) is 21.7. The lowest BCUT2D eigenvalue weighted by atomic mass is 10.0. The Kier molecular flexibility index (Phi) is 22.6. The van der Waals surface area contributed by atoms with E-state index in [1.807, 2.05) is 0 Å². The second-order valence-corrected chi connectivity index (χ2v) is 6.50. The Labute approximate surface area is 148 Å². The van der Waals surface area contributed by atoms with Crippen molar-refractivity contribution in [2.45, 2.75) is 110 Å². The number of carboxylic acid groups (broad SMARTS) is 1. The van der Waals surface area contributed by atoms with Gasteiger partial charge in [-0.1, -0.05) is 96.8 Å². The van der Waals surface area contributed by atoms with Gasteiger partial charge in [0, 0.05) is 6.42 Å². The van der Waals surface area contributed by atoms with Crippen LogP contribution in [0.2, 0.25) is 0 Å². The number of primary amides is 2. The van der Waals surface area contributed by atoms with E-state index >= 15 is 0 Å². The van der Waals surface area contributed by atoms with Crippen LogP contribution in [0, 0.1) is 0 Å². The second-order valence-electron chi connectivity index (χ2n) is 6.50.